The Morgan fingerprint density at radius 3 is 1.93 bits per heavy atom. The Balaban J connectivity index is 4.19. The van der Waals surface area contributed by atoms with Crippen molar-refractivity contribution >= 4 is 11.8 Å². The summed E-state index contributed by atoms with van der Waals surface area (Å²) in [4.78, 5) is 0. The molecule has 2 heteroatoms. The molecular formula is C13H29NS. The summed E-state index contributed by atoms with van der Waals surface area (Å²) in [5, 5.41) is 3.74. The zero-order valence-electron chi connectivity index (χ0n) is 11.4. The third-order valence-electron chi connectivity index (χ3n) is 3.65. The first-order valence-corrected chi connectivity index (χ1v) is 7.56. The zero-order valence-corrected chi connectivity index (χ0v) is 12.2. The lowest BCUT2D eigenvalue weighted by Crippen LogP contribution is -2.43. The minimum atomic E-state index is 0.447. The monoisotopic (exact) mass is 231 g/mol. The molecule has 0 rings (SSSR count). The van der Waals surface area contributed by atoms with E-state index in [0.29, 0.717) is 10.8 Å². The predicted molar refractivity (Wildman–Crippen MR) is 73.7 cm³/mol. The van der Waals surface area contributed by atoms with E-state index in [1.807, 2.05) is 11.8 Å². The molecule has 1 unspecified atom stereocenters. The number of hydrogen-bond donors (Lipinski definition) is 1. The normalized spacial score (nSPS) is 14.6. The van der Waals surface area contributed by atoms with Crippen LogP contribution in [0, 0.1) is 5.92 Å². The van der Waals surface area contributed by atoms with Crippen molar-refractivity contribution in [1.82, 2.24) is 5.32 Å². The van der Waals surface area contributed by atoms with Crippen molar-refractivity contribution in [2.75, 3.05) is 12.8 Å². The smallest absolute Gasteiger partial charge is 0.0276 e. The first-order chi connectivity index (χ1) is 7.05. The molecule has 0 heterocycles. The van der Waals surface area contributed by atoms with E-state index < -0.39 is 0 Å². The Kier molecular flexibility index (Phi) is 7.72. The maximum Gasteiger partial charge on any atom is 0.0276 e. The van der Waals surface area contributed by atoms with Crippen molar-refractivity contribution in [3.05, 3.63) is 0 Å². The summed E-state index contributed by atoms with van der Waals surface area (Å²) in [5.41, 5.74) is 0. The topological polar surface area (TPSA) is 12.0 Å². The molecule has 1 atom stereocenters. The van der Waals surface area contributed by atoms with Gasteiger partial charge in [0, 0.05) is 17.3 Å². The molecule has 15 heavy (non-hydrogen) atoms. The first-order valence-electron chi connectivity index (χ1n) is 6.33. The molecule has 0 aliphatic carbocycles. The molecule has 0 aliphatic rings. The van der Waals surface area contributed by atoms with Crippen LogP contribution in [0.5, 0.6) is 0 Å². The van der Waals surface area contributed by atoms with Crippen LogP contribution in [0.25, 0.3) is 0 Å². The van der Waals surface area contributed by atoms with Gasteiger partial charge in [-0.2, -0.15) is 11.8 Å². The summed E-state index contributed by atoms with van der Waals surface area (Å²) in [6, 6.07) is 0.676. The second-order valence-electron chi connectivity index (χ2n) is 4.73. The fourth-order valence-electron chi connectivity index (χ4n) is 2.03. The molecule has 1 nitrogen and oxygen atoms in total. The predicted octanol–water partition coefficient (Wildman–Crippen LogP) is 3.93. The molecule has 0 amide bonds. The third kappa shape index (κ3) is 4.78. The van der Waals surface area contributed by atoms with E-state index in [1.54, 1.807) is 0 Å². The van der Waals surface area contributed by atoms with E-state index in [2.05, 4.69) is 46.2 Å². The van der Waals surface area contributed by atoms with E-state index in [1.165, 1.54) is 19.3 Å². The lowest BCUT2D eigenvalue weighted by atomic mass is 9.98. The average Bonchev–Trinajstić information content (AvgIpc) is 2.25. The van der Waals surface area contributed by atoms with Crippen molar-refractivity contribution in [1.29, 1.82) is 0 Å². The molecule has 0 aliphatic heterocycles. The molecule has 0 spiro atoms. The highest BCUT2D eigenvalue weighted by atomic mass is 32.2. The second kappa shape index (κ2) is 7.56. The highest BCUT2D eigenvalue weighted by Gasteiger charge is 2.25. The van der Waals surface area contributed by atoms with E-state index >= 15 is 0 Å². The van der Waals surface area contributed by atoms with Gasteiger partial charge >= 0.3 is 0 Å². The van der Waals surface area contributed by atoms with Crippen molar-refractivity contribution in [2.24, 2.45) is 5.92 Å². The van der Waals surface area contributed by atoms with Gasteiger partial charge in [0.15, 0.2) is 0 Å². The maximum atomic E-state index is 3.74. The molecule has 0 fully saturated rings. The highest BCUT2D eigenvalue weighted by molar-refractivity contribution is 8.00. The molecule has 0 aromatic carbocycles. The largest absolute Gasteiger partial charge is 0.312 e. The summed E-state index contributed by atoms with van der Waals surface area (Å²) >= 11 is 2.02. The Bertz CT molecular complexity index is 144. The van der Waals surface area contributed by atoms with Gasteiger partial charge in [-0.3, -0.25) is 0 Å². The lowest BCUT2D eigenvalue weighted by molar-refractivity contribution is 0.360. The molecule has 0 aromatic rings. The van der Waals surface area contributed by atoms with Gasteiger partial charge in [0.25, 0.3) is 0 Å². The molecule has 92 valence electrons. The van der Waals surface area contributed by atoms with Crippen LogP contribution in [-0.2, 0) is 0 Å². The van der Waals surface area contributed by atoms with Gasteiger partial charge in [0.1, 0.15) is 0 Å². The molecule has 0 bridgehead atoms. The molecule has 0 saturated carbocycles. The van der Waals surface area contributed by atoms with Gasteiger partial charge in [-0.1, -0.05) is 34.6 Å². The highest BCUT2D eigenvalue weighted by Crippen LogP contribution is 2.29. The van der Waals surface area contributed by atoms with Crippen LogP contribution in [0.1, 0.15) is 53.9 Å². The summed E-state index contributed by atoms with van der Waals surface area (Å²) < 4.78 is 0.447. The Morgan fingerprint density at radius 1 is 1.13 bits per heavy atom. The maximum absolute atomic E-state index is 3.74. The fraction of sp³-hybridized carbons (Fsp3) is 1.00. The molecule has 0 aromatic heterocycles. The van der Waals surface area contributed by atoms with Crippen LogP contribution < -0.4 is 5.32 Å². The molecular weight excluding hydrogens is 202 g/mol. The second-order valence-corrected chi connectivity index (χ2v) is 6.01. The number of hydrogen-bond acceptors (Lipinski definition) is 2. The van der Waals surface area contributed by atoms with Crippen molar-refractivity contribution < 1.29 is 0 Å². The molecule has 1 N–H and O–H groups in total. The van der Waals surface area contributed by atoms with Crippen LogP contribution in [0.4, 0.5) is 0 Å². The zero-order chi connectivity index (χ0) is 11.9. The van der Waals surface area contributed by atoms with Crippen LogP contribution in [0.2, 0.25) is 0 Å². The molecule has 0 radical (unpaired) electrons. The summed E-state index contributed by atoms with van der Waals surface area (Å²) in [6.45, 7) is 12.6. The van der Waals surface area contributed by atoms with Gasteiger partial charge in [-0.15, -0.1) is 0 Å². The lowest BCUT2D eigenvalue weighted by Gasteiger charge is -2.33. The van der Waals surface area contributed by atoms with E-state index in [0.717, 1.165) is 12.5 Å². The van der Waals surface area contributed by atoms with Crippen LogP contribution in [0.15, 0.2) is 0 Å². The van der Waals surface area contributed by atoms with E-state index in [-0.39, 0.29) is 0 Å². The van der Waals surface area contributed by atoms with Crippen molar-refractivity contribution in [3.63, 3.8) is 0 Å². The Labute approximate surface area is 101 Å². The minimum absolute atomic E-state index is 0.447. The van der Waals surface area contributed by atoms with Crippen LogP contribution in [-0.4, -0.2) is 23.6 Å². The number of nitrogens with one attached hydrogen (secondary N) is 1. The number of thioether (sulfide) groups is 1. The molecule has 0 saturated heterocycles. The van der Waals surface area contributed by atoms with Gasteiger partial charge in [0.05, 0.1) is 0 Å². The number of rotatable bonds is 8. The standard InChI is InChI=1S/C13H29NS/c1-7-12(11(4)5)14-10-13(8-2,9-3)15-6/h11-12,14H,7-10H2,1-6H3. The Morgan fingerprint density at radius 2 is 1.67 bits per heavy atom. The van der Waals surface area contributed by atoms with Crippen LogP contribution in [0.3, 0.4) is 0 Å². The summed E-state index contributed by atoms with van der Waals surface area (Å²) in [5.74, 6) is 0.739. The summed E-state index contributed by atoms with van der Waals surface area (Å²) in [7, 11) is 0. The van der Waals surface area contributed by atoms with Crippen molar-refractivity contribution in [2.45, 2.75) is 64.7 Å². The fourth-order valence-corrected chi connectivity index (χ4v) is 2.83. The van der Waals surface area contributed by atoms with E-state index in [4.69, 9.17) is 0 Å². The third-order valence-corrected chi connectivity index (χ3v) is 5.24. The first kappa shape index (κ1) is 15.3. The van der Waals surface area contributed by atoms with E-state index in [9.17, 15) is 0 Å². The van der Waals surface area contributed by atoms with Gasteiger partial charge in [0.2, 0.25) is 0 Å². The Hall–Kier alpha value is 0.310. The summed E-state index contributed by atoms with van der Waals surface area (Å²) in [6.07, 6.45) is 5.99. The van der Waals surface area contributed by atoms with Crippen LogP contribution >= 0.6 is 11.8 Å². The van der Waals surface area contributed by atoms with Crippen molar-refractivity contribution in [3.8, 4) is 0 Å². The van der Waals surface area contributed by atoms with Gasteiger partial charge in [-0.05, 0) is 31.4 Å². The SMILES string of the molecule is CCC(NCC(CC)(CC)SC)C(C)C. The minimum Gasteiger partial charge on any atom is -0.312 e. The van der Waals surface area contributed by atoms with Gasteiger partial charge in [-0.25, -0.2) is 0 Å². The quantitative estimate of drug-likeness (QED) is 0.679. The van der Waals surface area contributed by atoms with Gasteiger partial charge < -0.3 is 5.32 Å². The average molecular weight is 231 g/mol.